The SMILES string of the molecule is CCCC[CH2][Mn]([CH3])([OH])([OH])[OH]. The van der Waals surface area contributed by atoms with E-state index in [1.165, 1.54) is 0 Å². The first-order chi connectivity index (χ1) is 4.31. The van der Waals surface area contributed by atoms with E-state index in [9.17, 15) is 0 Å². The molecule has 0 bridgehead atoms. The van der Waals surface area contributed by atoms with Crippen LogP contribution in [0, 0.1) is 0 Å². The first-order valence-electron chi connectivity index (χ1n) is 3.36. The van der Waals surface area contributed by atoms with Gasteiger partial charge in [-0.15, -0.1) is 0 Å². The molecule has 0 amide bonds. The molecular formula is C6H17MnO3. The Morgan fingerprint density at radius 2 is 1.60 bits per heavy atom. The van der Waals surface area contributed by atoms with E-state index >= 15 is 0 Å². The standard InChI is InChI=1S/C5H11.CH3.Mn.3H2O/c1-3-5-4-2;;;;;/h1,3-5H2,2H3;1H3;;3*1H2/q;;+3;;;/p-3. The zero-order chi connectivity index (χ0) is 8.28. The minimum absolute atomic E-state index is 0.162. The number of hydrogen-bond acceptors (Lipinski definition) is 3. The van der Waals surface area contributed by atoms with Gasteiger partial charge in [0, 0.05) is 0 Å². The predicted molar refractivity (Wildman–Crippen MR) is 36.9 cm³/mol. The molecule has 0 heterocycles. The molecular weight excluding hydrogens is 175 g/mol. The van der Waals surface area contributed by atoms with Gasteiger partial charge in [0.15, 0.2) is 0 Å². The van der Waals surface area contributed by atoms with Gasteiger partial charge in [-0.05, 0) is 0 Å². The Labute approximate surface area is 63.2 Å². The van der Waals surface area contributed by atoms with Crippen molar-refractivity contribution in [1.29, 1.82) is 0 Å². The number of hydrogen-bond donors (Lipinski definition) is 3. The molecule has 0 radical (unpaired) electrons. The van der Waals surface area contributed by atoms with Gasteiger partial charge in [0.05, 0.1) is 0 Å². The van der Waals surface area contributed by atoms with Crippen LogP contribution >= 0.6 is 0 Å². The first-order valence-corrected chi connectivity index (χ1v) is 6.96. The molecule has 0 aromatic rings. The molecule has 0 spiro atoms. The summed E-state index contributed by atoms with van der Waals surface area (Å²) in [7, 11) is 0. The maximum atomic E-state index is 8.97. The molecule has 0 aliphatic carbocycles. The van der Waals surface area contributed by atoms with Crippen molar-refractivity contribution in [3.05, 3.63) is 0 Å². The summed E-state index contributed by atoms with van der Waals surface area (Å²) < 4.78 is 26.9. The van der Waals surface area contributed by atoms with Gasteiger partial charge < -0.3 is 0 Å². The monoisotopic (exact) mass is 192 g/mol. The van der Waals surface area contributed by atoms with Crippen LogP contribution in [0.3, 0.4) is 0 Å². The average Bonchev–Trinajstić information content (AvgIpc) is 1.61. The van der Waals surface area contributed by atoms with Gasteiger partial charge in [-0.1, -0.05) is 0 Å². The molecule has 0 rings (SSSR count). The molecule has 0 saturated heterocycles. The second kappa shape index (κ2) is 3.20. The van der Waals surface area contributed by atoms with Crippen LogP contribution < -0.4 is 0 Å². The van der Waals surface area contributed by atoms with Gasteiger partial charge in [0.1, 0.15) is 0 Å². The Morgan fingerprint density at radius 3 is 1.90 bits per heavy atom. The van der Waals surface area contributed by atoms with Crippen LogP contribution in [-0.2, 0) is 12.8 Å². The molecule has 0 aliphatic heterocycles. The zero-order valence-electron chi connectivity index (χ0n) is 6.55. The molecule has 0 aromatic heterocycles. The van der Waals surface area contributed by atoms with Crippen LogP contribution in [-0.4, -0.2) is 12.6 Å². The molecule has 0 fully saturated rings. The Bertz CT molecular complexity index is 96.1. The molecule has 4 heteroatoms. The quantitative estimate of drug-likeness (QED) is 0.461. The number of rotatable bonds is 4. The summed E-state index contributed by atoms with van der Waals surface area (Å²) in [6.07, 6.45) is 2.67. The van der Waals surface area contributed by atoms with Crippen LogP contribution in [0.25, 0.3) is 0 Å². The fourth-order valence-electron chi connectivity index (χ4n) is 0.657. The molecule has 10 heavy (non-hydrogen) atoms. The van der Waals surface area contributed by atoms with E-state index in [-0.39, 0.29) is 5.32 Å². The third kappa shape index (κ3) is 8.40. The van der Waals surface area contributed by atoms with E-state index in [4.69, 9.17) is 12.6 Å². The molecule has 0 aromatic carbocycles. The Morgan fingerprint density at radius 1 is 1.10 bits per heavy atom. The van der Waals surface area contributed by atoms with E-state index in [1.807, 2.05) is 6.92 Å². The van der Waals surface area contributed by atoms with Crippen LogP contribution in [0.2, 0.25) is 11.1 Å². The minimum atomic E-state index is -4.38. The van der Waals surface area contributed by atoms with Crippen molar-refractivity contribution in [2.45, 2.75) is 37.3 Å². The van der Waals surface area contributed by atoms with E-state index in [1.54, 1.807) is 0 Å². The van der Waals surface area contributed by atoms with E-state index < -0.39 is 12.8 Å². The maximum absolute atomic E-state index is 8.97. The summed E-state index contributed by atoms with van der Waals surface area (Å²) in [5.74, 6) is 1.15. The van der Waals surface area contributed by atoms with Gasteiger partial charge in [-0.25, -0.2) is 0 Å². The Kier molecular flexibility index (Phi) is 3.33. The normalized spacial score (nSPS) is 16.3. The summed E-state index contributed by atoms with van der Waals surface area (Å²) in [6, 6.07) is 0. The summed E-state index contributed by atoms with van der Waals surface area (Å²) in [5.41, 5.74) is 0. The fourth-order valence-corrected chi connectivity index (χ4v) is 1.93. The van der Waals surface area contributed by atoms with E-state index in [2.05, 4.69) is 0 Å². The van der Waals surface area contributed by atoms with Crippen molar-refractivity contribution in [1.82, 2.24) is 0 Å². The third-order valence-corrected chi connectivity index (χ3v) is 2.98. The molecule has 0 aliphatic rings. The molecule has 0 atom stereocenters. The average molecular weight is 192 g/mol. The molecule has 0 saturated carbocycles. The summed E-state index contributed by atoms with van der Waals surface area (Å²) in [6.45, 7) is 2.03. The van der Waals surface area contributed by atoms with Gasteiger partial charge >= 0.3 is 62.7 Å². The Hall–Kier alpha value is 0.399. The number of unbranched alkanes of at least 4 members (excludes halogenated alkanes) is 2. The second-order valence-corrected chi connectivity index (χ2v) is 7.59. The van der Waals surface area contributed by atoms with Gasteiger partial charge in [0.2, 0.25) is 0 Å². The van der Waals surface area contributed by atoms with E-state index in [0.717, 1.165) is 18.7 Å². The van der Waals surface area contributed by atoms with Crippen LogP contribution in [0.1, 0.15) is 26.2 Å². The molecule has 66 valence electrons. The fraction of sp³-hybridized carbons (Fsp3) is 1.00. The summed E-state index contributed by atoms with van der Waals surface area (Å²) in [5, 5.41) is 0.162. The summed E-state index contributed by atoms with van der Waals surface area (Å²) in [4.78, 5) is 0. The third-order valence-electron chi connectivity index (χ3n) is 1.18. The first kappa shape index (κ1) is 10.4. The van der Waals surface area contributed by atoms with Crippen LogP contribution in [0.5, 0.6) is 0 Å². The van der Waals surface area contributed by atoms with E-state index in [0.29, 0.717) is 6.42 Å². The van der Waals surface area contributed by atoms with Crippen LogP contribution in [0.4, 0.5) is 0 Å². The molecule has 3 nitrogen and oxygen atoms in total. The van der Waals surface area contributed by atoms with Crippen molar-refractivity contribution in [3.8, 4) is 0 Å². The van der Waals surface area contributed by atoms with Gasteiger partial charge in [0.25, 0.3) is 0 Å². The van der Waals surface area contributed by atoms with Gasteiger partial charge in [-0.2, -0.15) is 0 Å². The predicted octanol–water partition coefficient (Wildman–Crippen LogP) is 1.05. The second-order valence-electron chi connectivity index (χ2n) is 2.76. The molecule has 0 unspecified atom stereocenters. The van der Waals surface area contributed by atoms with Crippen molar-refractivity contribution in [2.24, 2.45) is 0 Å². The van der Waals surface area contributed by atoms with Crippen LogP contribution in [0.15, 0.2) is 0 Å². The van der Waals surface area contributed by atoms with Crippen molar-refractivity contribution >= 4 is 0 Å². The van der Waals surface area contributed by atoms with Crippen molar-refractivity contribution < 1.29 is 25.3 Å². The zero-order valence-corrected chi connectivity index (χ0v) is 7.73. The summed E-state index contributed by atoms with van der Waals surface area (Å²) >= 11 is -4.38. The van der Waals surface area contributed by atoms with Crippen molar-refractivity contribution in [2.75, 3.05) is 0 Å². The van der Waals surface area contributed by atoms with Crippen molar-refractivity contribution in [3.63, 3.8) is 0 Å². The Balaban J connectivity index is 3.49. The molecule has 3 N–H and O–H groups in total. The van der Waals surface area contributed by atoms with Gasteiger partial charge in [-0.3, -0.25) is 0 Å². The topological polar surface area (TPSA) is 60.7 Å².